The largest absolute Gasteiger partial charge is 0.478 e. The van der Waals surface area contributed by atoms with E-state index in [9.17, 15) is 23.5 Å². The SMILES string of the molecule is CCn1c(-c2c(F)cccc2F)c(C(=O)O)cc(Cl)c1=O. The lowest BCUT2D eigenvalue weighted by Crippen LogP contribution is -2.25. The molecule has 1 aromatic carbocycles. The monoisotopic (exact) mass is 313 g/mol. The van der Waals surface area contributed by atoms with Gasteiger partial charge >= 0.3 is 5.97 Å². The van der Waals surface area contributed by atoms with Crippen molar-refractivity contribution < 1.29 is 18.7 Å². The molecule has 2 aromatic rings. The van der Waals surface area contributed by atoms with Gasteiger partial charge in [-0.15, -0.1) is 0 Å². The minimum absolute atomic E-state index is 0.0166. The first kappa shape index (κ1) is 15.2. The van der Waals surface area contributed by atoms with Gasteiger partial charge in [-0.25, -0.2) is 13.6 Å². The zero-order valence-corrected chi connectivity index (χ0v) is 11.6. The van der Waals surface area contributed by atoms with Crippen LogP contribution in [0.3, 0.4) is 0 Å². The first-order chi connectivity index (χ1) is 9.88. The molecular formula is C14H10ClF2NO3. The zero-order valence-electron chi connectivity index (χ0n) is 10.9. The number of rotatable bonds is 3. The van der Waals surface area contributed by atoms with E-state index in [2.05, 4.69) is 0 Å². The van der Waals surface area contributed by atoms with Gasteiger partial charge < -0.3 is 9.67 Å². The summed E-state index contributed by atoms with van der Waals surface area (Å²) in [5.41, 5.74) is -2.05. The summed E-state index contributed by atoms with van der Waals surface area (Å²) in [5, 5.41) is 8.90. The van der Waals surface area contributed by atoms with Crippen LogP contribution in [0.5, 0.6) is 0 Å². The number of aromatic nitrogens is 1. The molecule has 2 rings (SSSR count). The Kier molecular flexibility index (Phi) is 4.09. The molecular weight excluding hydrogens is 304 g/mol. The van der Waals surface area contributed by atoms with Gasteiger partial charge in [-0.2, -0.15) is 0 Å². The predicted molar refractivity (Wildman–Crippen MR) is 73.7 cm³/mol. The van der Waals surface area contributed by atoms with Gasteiger partial charge in [0, 0.05) is 6.54 Å². The average Bonchev–Trinajstić information content (AvgIpc) is 2.42. The van der Waals surface area contributed by atoms with E-state index in [1.807, 2.05) is 0 Å². The average molecular weight is 314 g/mol. The van der Waals surface area contributed by atoms with Crippen LogP contribution in [0.4, 0.5) is 8.78 Å². The first-order valence-electron chi connectivity index (χ1n) is 5.99. The van der Waals surface area contributed by atoms with E-state index in [4.69, 9.17) is 11.6 Å². The van der Waals surface area contributed by atoms with Crippen molar-refractivity contribution in [1.82, 2.24) is 4.57 Å². The van der Waals surface area contributed by atoms with Crippen LogP contribution in [0.2, 0.25) is 5.02 Å². The molecule has 0 spiro atoms. The maximum absolute atomic E-state index is 13.9. The Bertz CT molecular complexity index is 766. The Balaban J connectivity index is 3.00. The standard InChI is InChI=1S/C14H10ClF2NO3/c1-2-18-12(11-9(16)4-3-5-10(11)17)7(14(20)21)6-8(15)13(18)19/h3-6H,2H2,1H3,(H,20,21). The van der Waals surface area contributed by atoms with E-state index in [-0.39, 0.29) is 17.3 Å². The van der Waals surface area contributed by atoms with Crippen LogP contribution >= 0.6 is 11.6 Å². The molecule has 1 heterocycles. The quantitative estimate of drug-likeness (QED) is 0.947. The molecule has 1 N–H and O–H groups in total. The molecule has 0 saturated carbocycles. The van der Waals surface area contributed by atoms with Crippen molar-refractivity contribution in [3.8, 4) is 11.3 Å². The third-order valence-corrected chi connectivity index (χ3v) is 3.26. The fraction of sp³-hybridized carbons (Fsp3) is 0.143. The van der Waals surface area contributed by atoms with Crippen molar-refractivity contribution in [2.45, 2.75) is 13.5 Å². The van der Waals surface area contributed by atoms with Crippen molar-refractivity contribution >= 4 is 17.6 Å². The van der Waals surface area contributed by atoms with Crippen molar-refractivity contribution in [3.05, 3.63) is 56.8 Å². The van der Waals surface area contributed by atoms with Crippen LogP contribution in [0.15, 0.2) is 29.1 Å². The minimum atomic E-state index is -1.43. The normalized spacial score (nSPS) is 10.7. The van der Waals surface area contributed by atoms with Gasteiger partial charge in [0.15, 0.2) is 0 Å². The predicted octanol–water partition coefficient (Wildman–Crippen LogP) is 3.17. The van der Waals surface area contributed by atoms with Crippen molar-refractivity contribution in [2.75, 3.05) is 0 Å². The second-order valence-corrected chi connectivity index (χ2v) is 4.61. The van der Waals surface area contributed by atoms with Crippen LogP contribution < -0.4 is 5.56 Å². The summed E-state index contributed by atoms with van der Waals surface area (Å²) in [6, 6.07) is 4.03. The molecule has 0 fully saturated rings. The van der Waals surface area contributed by atoms with Gasteiger partial charge in [0.25, 0.3) is 5.56 Å². The highest BCUT2D eigenvalue weighted by Gasteiger charge is 2.24. The van der Waals surface area contributed by atoms with E-state index >= 15 is 0 Å². The fourth-order valence-electron chi connectivity index (χ4n) is 2.09. The molecule has 0 aliphatic heterocycles. The van der Waals surface area contributed by atoms with Crippen LogP contribution in [0, 0.1) is 11.6 Å². The lowest BCUT2D eigenvalue weighted by molar-refractivity contribution is 0.0697. The van der Waals surface area contributed by atoms with E-state index in [1.54, 1.807) is 6.92 Å². The van der Waals surface area contributed by atoms with Crippen LogP contribution in [-0.4, -0.2) is 15.6 Å². The summed E-state index contributed by atoms with van der Waals surface area (Å²) >= 11 is 5.70. The summed E-state index contributed by atoms with van der Waals surface area (Å²) < 4.78 is 28.8. The summed E-state index contributed by atoms with van der Waals surface area (Å²) in [4.78, 5) is 23.3. The molecule has 0 unspecified atom stereocenters. The van der Waals surface area contributed by atoms with Crippen molar-refractivity contribution in [2.24, 2.45) is 0 Å². The first-order valence-corrected chi connectivity index (χ1v) is 6.37. The van der Waals surface area contributed by atoms with Crippen molar-refractivity contribution in [1.29, 1.82) is 0 Å². The number of hydrogen-bond acceptors (Lipinski definition) is 2. The number of pyridine rings is 1. The van der Waals surface area contributed by atoms with Gasteiger partial charge in [-0.3, -0.25) is 4.79 Å². The van der Waals surface area contributed by atoms with Crippen molar-refractivity contribution in [3.63, 3.8) is 0 Å². The molecule has 1 aromatic heterocycles. The number of carbonyl (C=O) groups is 1. The molecule has 0 radical (unpaired) electrons. The number of nitrogens with zero attached hydrogens (tertiary/aromatic N) is 1. The highest BCUT2D eigenvalue weighted by Crippen LogP contribution is 2.29. The molecule has 110 valence electrons. The molecule has 4 nitrogen and oxygen atoms in total. The Morgan fingerprint density at radius 3 is 2.38 bits per heavy atom. The number of hydrogen-bond donors (Lipinski definition) is 1. The molecule has 7 heteroatoms. The van der Waals surface area contributed by atoms with Gasteiger partial charge in [0.2, 0.25) is 0 Å². The minimum Gasteiger partial charge on any atom is -0.478 e. The highest BCUT2D eigenvalue weighted by atomic mass is 35.5. The highest BCUT2D eigenvalue weighted by molar-refractivity contribution is 6.30. The summed E-state index contributed by atoms with van der Waals surface area (Å²) in [5.74, 6) is -3.35. The Morgan fingerprint density at radius 2 is 1.90 bits per heavy atom. The van der Waals surface area contributed by atoms with Gasteiger partial charge in [-0.1, -0.05) is 17.7 Å². The van der Waals surface area contributed by atoms with Crippen LogP contribution in [0.1, 0.15) is 17.3 Å². The third kappa shape index (κ3) is 2.54. The molecule has 0 aliphatic rings. The summed E-state index contributed by atoms with van der Waals surface area (Å²) in [7, 11) is 0. The fourth-order valence-corrected chi connectivity index (χ4v) is 2.30. The lowest BCUT2D eigenvalue weighted by Gasteiger charge is -2.16. The number of aromatic carboxylic acids is 1. The Morgan fingerprint density at radius 1 is 1.33 bits per heavy atom. The molecule has 21 heavy (non-hydrogen) atoms. The van der Waals surface area contributed by atoms with Gasteiger partial charge in [0.1, 0.15) is 16.7 Å². The molecule has 0 aliphatic carbocycles. The topological polar surface area (TPSA) is 59.3 Å². The number of halogens is 3. The zero-order chi connectivity index (χ0) is 15.7. The van der Waals surface area contributed by atoms with E-state index in [0.29, 0.717) is 0 Å². The third-order valence-electron chi connectivity index (χ3n) is 2.99. The Hall–Kier alpha value is -2.21. The lowest BCUT2D eigenvalue weighted by atomic mass is 10.0. The van der Waals surface area contributed by atoms with Gasteiger partial charge in [-0.05, 0) is 25.1 Å². The number of carboxylic acids is 1. The number of benzene rings is 1. The van der Waals surface area contributed by atoms with Gasteiger partial charge in [0.05, 0.1) is 16.8 Å². The molecule has 0 atom stereocenters. The van der Waals surface area contributed by atoms with E-state index < -0.39 is 34.3 Å². The maximum atomic E-state index is 13.9. The van der Waals surface area contributed by atoms with Crippen LogP contribution in [-0.2, 0) is 6.54 Å². The second-order valence-electron chi connectivity index (χ2n) is 4.21. The summed E-state index contributed by atoms with van der Waals surface area (Å²) in [6.45, 7) is 1.56. The van der Waals surface area contributed by atoms with E-state index in [1.165, 1.54) is 0 Å². The number of carboxylic acid groups (broad SMARTS) is 1. The maximum Gasteiger partial charge on any atom is 0.337 e. The van der Waals surface area contributed by atoms with Crippen LogP contribution in [0.25, 0.3) is 11.3 Å². The second kappa shape index (κ2) is 5.65. The van der Waals surface area contributed by atoms with E-state index in [0.717, 1.165) is 28.8 Å². The smallest absolute Gasteiger partial charge is 0.337 e. The summed E-state index contributed by atoms with van der Waals surface area (Å²) in [6.07, 6.45) is 0. The molecule has 0 bridgehead atoms. The molecule has 0 amide bonds. The Labute approximate surface area is 123 Å². The molecule has 0 saturated heterocycles.